The maximum absolute atomic E-state index is 12.7. The molecule has 4 nitrogen and oxygen atoms in total. The molecule has 1 aromatic heterocycles. The van der Waals surface area contributed by atoms with Gasteiger partial charge in [-0.25, -0.2) is 13.1 Å². The number of furan rings is 1. The van der Waals surface area contributed by atoms with Crippen molar-refractivity contribution < 1.29 is 12.8 Å². The number of fused-ring (bicyclic) bond motifs is 1. The summed E-state index contributed by atoms with van der Waals surface area (Å²) in [6.45, 7) is 6.19. The van der Waals surface area contributed by atoms with Crippen molar-refractivity contribution >= 4 is 21.6 Å². The van der Waals surface area contributed by atoms with E-state index in [9.17, 15) is 8.42 Å². The Hall–Kier alpha value is -1.30. The summed E-state index contributed by atoms with van der Waals surface area (Å²) < 4.78 is 33.8. The zero-order valence-electron chi connectivity index (χ0n) is 13.4. The Bertz CT molecular complexity index is 822. The van der Waals surface area contributed by atoms with E-state index in [4.69, 9.17) is 16.0 Å². The van der Waals surface area contributed by atoms with E-state index < -0.39 is 10.0 Å². The molecule has 0 bridgehead atoms. The predicted molar refractivity (Wildman–Crippen MR) is 90.1 cm³/mol. The summed E-state index contributed by atoms with van der Waals surface area (Å²) in [5, 5.41) is 0.510. The fourth-order valence-electron chi connectivity index (χ4n) is 3.24. The second kappa shape index (κ2) is 5.65. The monoisotopic (exact) mass is 353 g/mol. The number of halogens is 1. The summed E-state index contributed by atoms with van der Waals surface area (Å²) in [5.74, 6) is 0.877. The van der Waals surface area contributed by atoms with Crippen LogP contribution in [0.25, 0.3) is 0 Å². The highest BCUT2D eigenvalue weighted by Gasteiger charge is 2.37. The Labute approximate surface area is 141 Å². The van der Waals surface area contributed by atoms with Gasteiger partial charge in [0, 0.05) is 17.0 Å². The molecule has 1 heterocycles. The number of hydrogen-bond donors (Lipinski definition) is 1. The minimum atomic E-state index is -3.61. The van der Waals surface area contributed by atoms with Gasteiger partial charge in [-0.1, -0.05) is 25.4 Å². The van der Waals surface area contributed by atoms with Crippen molar-refractivity contribution in [2.75, 3.05) is 0 Å². The molecule has 1 unspecified atom stereocenters. The van der Waals surface area contributed by atoms with Gasteiger partial charge < -0.3 is 4.42 Å². The Morgan fingerprint density at radius 3 is 2.57 bits per heavy atom. The first-order chi connectivity index (χ1) is 10.7. The van der Waals surface area contributed by atoms with Gasteiger partial charge in [0.25, 0.3) is 0 Å². The van der Waals surface area contributed by atoms with E-state index in [0.717, 1.165) is 29.7 Å². The van der Waals surface area contributed by atoms with E-state index in [-0.39, 0.29) is 16.4 Å². The second-order valence-electron chi connectivity index (χ2n) is 6.93. The van der Waals surface area contributed by atoms with Crippen molar-refractivity contribution in [3.63, 3.8) is 0 Å². The Kier molecular flexibility index (Phi) is 4.07. The predicted octanol–water partition coefficient (Wildman–Crippen LogP) is 4.23. The Balaban J connectivity index is 1.95. The highest BCUT2D eigenvalue weighted by Crippen LogP contribution is 2.43. The first kappa shape index (κ1) is 16.6. The van der Waals surface area contributed by atoms with Crippen molar-refractivity contribution in [3.05, 3.63) is 52.4 Å². The molecule has 1 atom stereocenters. The SMILES string of the molecule is Cc1coc2c1C(NS(=O)(=O)c1ccc(Cl)cc1)CC(C)(C)C2. The molecule has 0 spiro atoms. The Morgan fingerprint density at radius 2 is 1.91 bits per heavy atom. The minimum Gasteiger partial charge on any atom is -0.469 e. The van der Waals surface area contributed by atoms with Crippen LogP contribution in [-0.4, -0.2) is 8.42 Å². The zero-order valence-corrected chi connectivity index (χ0v) is 15.0. The summed E-state index contributed by atoms with van der Waals surface area (Å²) in [5.41, 5.74) is 1.94. The van der Waals surface area contributed by atoms with Crippen LogP contribution in [0.5, 0.6) is 0 Å². The van der Waals surface area contributed by atoms with E-state index in [2.05, 4.69) is 18.6 Å². The van der Waals surface area contributed by atoms with Crippen molar-refractivity contribution in [3.8, 4) is 0 Å². The zero-order chi connectivity index (χ0) is 16.8. The summed E-state index contributed by atoms with van der Waals surface area (Å²) in [7, 11) is -3.61. The average Bonchev–Trinajstić information content (AvgIpc) is 2.78. The molecule has 23 heavy (non-hydrogen) atoms. The summed E-state index contributed by atoms with van der Waals surface area (Å²) in [6.07, 6.45) is 3.25. The van der Waals surface area contributed by atoms with Crippen molar-refractivity contribution in [1.82, 2.24) is 4.72 Å². The van der Waals surface area contributed by atoms with Crippen LogP contribution >= 0.6 is 11.6 Å². The van der Waals surface area contributed by atoms with Crippen LogP contribution in [0.1, 0.15) is 43.2 Å². The van der Waals surface area contributed by atoms with Crippen molar-refractivity contribution in [2.24, 2.45) is 5.41 Å². The minimum absolute atomic E-state index is 0.0233. The van der Waals surface area contributed by atoms with E-state index in [1.165, 1.54) is 12.1 Å². The number of rotatable bonds is 3. The van der Waals surface area contributed by atoms with E-state index >= 15 is 0 Å². The third kappa shape index (κ3) is 3.32. The molecule has 1 aliphatic rings. The van der Waals surface area contributed by atoms with Gasteiger partial charge in [0.1, 0.15) is 5.76 Å². The van der Waals surface area contributed by atoms with Gasteiger partial charge in [0.15, 0.2) is 0 Å². The molecule has 0 saturated carbocycles. The van der Waals surface area contributed by atoms with Crippen LogP contribution in [0.3, 0.4) is 0 Å². The number of hydrogen-bond acceptors (Lipinski definition) is 3. The van der Waals surface area contributed by atoms with Gasteiger partial charge in [-0.05, 0) is 48.6 Å². The highest BCUT2D eigenvalue weighted by atomic mass is 35.5. The lowest BCUT2D eigenvalue weighted by Gasteiger charge is -2.35. The molecule has 0 aliphatic heterocycles. The molecular formula is C17H20ClNO3S. The molecule has 0 fully saturated rings. The molecule has 0 amide bonds. The molecule has 3 rings (SSSR count). The van der Waals surface area contributed by atoms with Crippen LogP contribution in [0.2, 0.25) is 5.02 Å². The number of nitrogens with one attached hydrogen (secondary N) is 1. The van der Waals surface area contributed by atoms with E-state index in [0.29, 0.717) is 5.02 Å². The lowest BCUT2D eigenvalue weighted by atomic mass is 9.74. The topological polar surface area (TPSA) is 59.3 Å². The average molecular weight is 354 g/mol. The van der Waals surface area contributed by atoms with E-state index in [1.807, 2.05) is 6.92 Å². The standard InChI is InChI=1S/C17H20ClNO3S/c1-11-10-22-15-9-17(2,3)8-14(16(11)15)19-23(20,21)13-6-4-12(18)5-7-13/h4-7,10,14,19H,8-9H2,1-3H3. The third-order valence-corrected chi connectivity index (χ3v) is 6.01. The van der Waals surface area contributed by atoms with Gasteiger partial charge >= 0.3 is 0 Å². The molecule has 1 aliphatic carbocycles. The van der Waals surface area contributed by atoms with Crippen LogP contribution in [0, 0.1) is 12.3 Å². The quantitative estimate of drug-likeness (QED) is 0.898. The van der Waals surface area contributed by atoms with Gasteiger partial charge in [-0.3, -0.25) is 0 Å². The first-order valence-electron chi connectivity index (χ1n) is 7.53. The van der Waals surface area contributed by atoms with Crippen LogP contribution < -0.4 is 4.72 Å². The van der Waals surface area contributed by atoms with Gasteiger partial charge in [0.05, 0.1) is 17.2 Å². The lowest BCUT2D eigenvalue weighted by molar-refractivity contribution is 0.248. The maximum Gasteiger partial charge on any atom is 0.241 e. The second-order valence-corrected chi connectivity index (χ2v) is 9.08. The third-order valence-electron chi connectivity index (χ3n) is 4.27. The fraction of sp³-hybridized carbons (Fsp3) is 0.412. The van der Waals surface area contributed by atoms with E-state index in [1.54, 1.807) is 18.4 Å². The number of benzene rings is 1. The summed E-state index contributed by atoms with van der Waals surface area (Å²) in [6, 6.07) is 5.90. The first-order valence-corrected chi connectivity index (χ1v) is 9.39. The van der Waals surface area contributed by atoms with Gasteiger partial charge in [-0.2, -0.15) is 0 Å². The van der Waals surface area contributed by atoms with Crippen LogP contribution in [-0.2, 0) is 16.4 Å². The van der Waals surface area contributed by atoms with Gasteiger partial charge in [-0.15, -0.1) is 0 Å². The van der Waals surface area contributed by atoms with Crippen molar-refractivity contribution in [1.29, 1.82) is 0 Å². The van der Waals surface area contributed by atoms with Crippen LogP contribution in [0.4, 0.5) is 0 Å². The lowest BCUT2D eigenvalue weighted by Crippen LogP contribution is -2.36. The molecule has 2 aromatic rings. The molecule has 124 valence electrons. The number of sulfonamides is 1. The molecule has 1 N–H and O–H groups in total. The normalized spacial score (nSPS) is 20.3. The largest absolute Gasteiger partial charge is 0.469 e. The molecule has 0 saturated heterocycles. The molecular weight excluding hydrogens is 334 g/mol. The fourth-order valence-corrected chi connectivity index (χ4v) is 4.58. The number of aryl methyl sites for hydroxylation is 1. The smallest absolute Gasteiger partial charge is 0.241 e. The van der Waals surface area contributed by atoms with Crippen molar-refractivity contribution in [2.45, 2.75) is 44.6 Å². The Morgan fingerprint density at radius 1 is 1.26 bits per heavy atom. The van der Waals surface area contributed by atoms with Crippen LogP contribution in [0.15, 0.2) is 39.8 Å². The summed E-state index contributed by atoms with van der Waals surface area (Å²) >= 11 is 5.84. The van der Waals surface area contributed by atoms with Gasteiger partial charge in [0.2, 0.25) is 10.0 Å². The highest BCUT2D eigenvalue weighted by molar-refractivity contribution is 7.89. The molecule has 0 radical (unpaired) electrons. The maximum atomic E-state index is 12.7. The summed E-state index contributed by atoms with van der Waals surface area (Å²) in [4.78, 5) is 0.216. The molecule has 6 heteroatoms. The molecule has 1 aromatic carbocycles.